The number of rotatable bonds is 3. The molecule has 0 aliphatic heterocycles. The minimum absolute atomic E-state index is 0.294. The molecule has 0 atom stereocenters. The van der Waals surface area contributed by atoms with E-state index in [4.69, 9.17) is 16.3 Å². The van der Waals surface area contributed by atoms with Crippen molar-refractivity contribution in [2.75, 3.05) is 12.4 Å². The molecule has 5 nitrogen and oxygen atoms in total. The van der Waals surface area contributed by atoms with E-state index in [0.717, 1.165) is 0 Å². The van der Waals surface area contributed by atoms with Crippen LogP contribution in [0.5, 0.6) is 5.75 Å². The minimum atomic E-state index is -0.294. The van der Waals surface area contributed by atoms with Crippen LogP contribution >= 0.6 is 11.6 Å². The Balaban J connectivity index is 2.29. The van der Waals surface area contributed by atoms with E-state index in [2.05, 4.69) is 10.4 Å². The standard InChI is InChI=1S/C12H12ClN3O2/c1-16-11(5-6-14-16)15-12(17)9-7-8(13)3-4-10(9)18-2/h3-7H,1-2H3,(H,15,17). The first kappa shape index (κ1) is 12.4. The first-order chi connectivity index (χ1) is 8.61. The van der Waals surface area contributed by atoms with Crippen LogP contribution in [-0.4, -0.2) is 22.8 Å². The summed E-state index contributed by atoms with van der Waals surface area (Å²) in [6, 6.07) is 6.59. The average Bonchev–Trinajstić information content (AvgIpc) is 2.75. The van der Waals surface area contributed by atoms with E-state index in [9.17, 15) is 4.79 Å². The molecule has 0 radical (unpaired) electrons. The van der Waals surface area contributed by atoms with Crippen molar-refractivity contribution >= 4 is 23.3 Å². The van der Waals surface area contributed by atoms with Crippen LogP contribution in [0.3, 0.4) is 0 Å². The fraction of sp³-hybridized carbons (Fsp3) is 0.167. The highest BCUT2D eigenvalue weighted by atomic mass is 35.5. The maximum absolute atomic E-state index is 12.1. The summed E-state index contributed by atoms with van der Waals surface area (Å²) in [5.74, 6) is 0.777. The van der Waals surface area contributed by atoms with Crippen molar-refractivity contribution in [3.05, 3.63) is 41.0 Å². The highest BCUT2D eigenvalue weighted by Crippen LogP contribution is 2.23. The van der Waals surface area contributed by atoms with Crippen LogP contribution < -0.4 is 10.1 Å². The summed E-state index contributed by atoms with van der Waals surface area (Å²) >= 11 is 5.88. The second kappa shape index (κ2) is 5.10. The molecule has 1 aromatic heterocycles. The zero-order valence-electron chi connectivity index (χ0n) is 9.98. The zero-order valence-corrected chi connectivity index (χ0v) is 10.7. The quantitative estimate of drug-likeness (QED) is 0.927. The number of carbonyl (C=O) groups is 1. The van der Waals surface area contributed by atoms with Crippen molar-refractivity contribution in [2.45, 2.75) is 0 Å². The first-order valence-corrected chi connectivity index (χ1v) is 5.62. The summed E-state index contributed by atoms with van der Waals surface area (Å²) in [5.41, 5.74) is 0.381. The van der Waals surface area contributed by atoms with Crippen molar-refractivity contribution in [2.24, 2.45) is 7.05 Å². The molecule has 1 amide bonds. The third-order valence-corrected chi connectivity index (χ3v) is 2.70. The fourth-order valence-corrected chi connectivity index (χ4v) is 1.71. The van der Waals surface area contributed by atoms with Crippen molar-refractivity contribution < 1.29 is 9.53 Å². The van der Waals surface area contributed by atoms with Gasteiger partial charge in [0.2, 0.25) is 0 Å². The van der Waals surface area contributed by atoms with E-state index in [1.165, 1.54) is 7.11 Å². The molecule has 6 heteroatoms. The van der Waals surface area contributed by atoms with Gasteiger partial charge in [0.25, 0.3) is 5.91 Å². The Bertz CT molecular complexity index is 580. The van der Waals surface area contributed by atoms with Gasteiger partial charge in [0.05, 0.1) is 18.9 Å². The monoisotopic (exact) mass is 265 g/mol. The lowest BCUT2D eigenvalue weighted by atomic mass is 10.2. The number of ether oxygens (including phenoxy) is 1. The number of methoxy groups -OCH3 is 1. The summed E-state index contributed by atoms with van der Waals surface area (Å²) in [6.45, 7) is 0. The molecule has 1 aromatic carbocycles. The smallest absolute Gasteiger partial charge is 0.260 e. The Morgan fingerprint density at radius 2 is 2.22 bits per heavy atom. The van der Waals surface area contributed by atoms with Gasteiger partial charge in [-0.05, 0) is 18.2 Å². The van der Waals surface area contributed by atoms with Crippen LogP contribution in [0.15, 0.2) is 30.5 Å². The number of benzene rings is 1. The first-order valence-electron chi connectivity index (χ1n) is 5.24. The van der Waals surface area contributed by atoms with E-state index in [0.29, 0.717) is 22.2 Å². The summed E-state index contributed by atoms with van der Waals surface area (Å²) in [7, 11) is 3.24. The lowest BCUT2D eigenvalue weighted by Crippen LogP contribution is -2.15. The number of halogens is 1. The summed E-state index contributed by atoms with van der Waals surface area (Å²) in [5, 5.41) is 7.18. The van der Waals surface area contributed by atoms with Gasteiger partial charge in [-0.1, -0.05) is 11.6 Å². The van der Waals surface area contributed by atoms with E-state index in [1.807, 2.05) is 0 Å². The fourth-order valence-electron chi connectivity index (χ4n) is 1.54. The number of amides is 1. The molecule has 0 fully saturated rings. The second-order valence-electron chi connectivity index (χ2n) is 3.64. The van der Waals surface area contributed by atoms with Gasteiger partial charge in [-0.2, -0.15) is 5.10 Å². The number of nitrogens with one attached hydrogen (secondary N) is 1. The Labute approximate surface area is 109 Å². The molecule has 94 valence electrons. The van der Waals surface area contributed by atoms with Gasteiger partial charge in [-0.15, -0.1) is 0 Å². The van der Waals surface area contributed by atoms with E-state index in [1.54, 1.807) is 42.2 Å². The SMILES string of the molecule is COc1ccc(Cl)cc1C(=O)Nc1ccnn1C. The summed E-state index contributed by atoms with van der Waals surface area (Å²) in [4.78, 5) is 12.1. The van der Waals surface area contributed by atoms with Gasteiger partial charge in [-0.25, -0.2) is 0 Å². The number of aryl methyl sites for hydroxylation is 1. The van der Waals surface area contributed by atoms with Gasteiger partial charge in [-0.3, -0.25) is 9.48 Å². The molecule has 0 saturated heterocycles. The Morgan fingerprint density at radius 3 is 2.83 bits per heavy atom. The Kier molecular flexibility index (Phi) is 3.53. The highest BCUT2D eigenvalue weighted by molar-refractivity contribution is 6.31. The van der Waals surface area contributed by atoms with Gasteiger partial charge in [0, 0.05) is 18.1 Å². The molecular weight excluding hydrogens is 254 g/mol. The van der Waals surface area contributed by atoms with Gasteiger partial charge in [0.1, 0.15) is 11.6 Å². The van der Waals surface area contributed by atoms with Crippen LogP contribution in [0, 0.1) is 0 Å². The van der Waals surface area contributed by atoms with Gasteiger partial charge < -0.3 is 10.1 Å². The number of aromatic nitrogens is 2. The van der Waals surface area contributed by atoms with Crippen molar-refractivity contribution in [1.82, 2.24) is 9.78 Å². The molecule has 1 heterocycles. The largest absolute Gasteiger partial charge is 0.496 e. The predicted molar refractivity (Wildman–Crippen MR) is 69.2 cm³/mol. The molecule has 2 aromatic rings. The molecule has 1 N–H and O–H groups in total. The number of hydrogen-bond donors (Lipinski definition) is 1. The topological polar surface area (TPSA) is 56.1 Å². The number of nitrogens with zero attached hydrogens (tertiary/aromatic N) is 2. The molecule has 0 aliphatic rings. The summed E-state index contributed by atoms with van der Waals surface area (Å²) in [6.07, 6.45) is 1.60. The van der Waals surface area contributed by atoms with Crippen LogP contribution in [0.1, 0.15) is 10.4 Å². The molecule has 18 heavy (non-hydrogen) atoms. The maximum atomic E-state index is 12.1. The van der Waals surface area contributed by atoms with Crippen molar-refractivity contribution in [1.29, 1.82) is 0 Å². The molecule has 0 spiro atoms. The van der Waals surface area contributed by atoms with Gasteiger partial charge >= 0.3 is 0 Å². The molecule has 0 saturated carbocycles. The zero-order chi connectivity index (χ0) is 13.1. The highest BCUT2D eigenvalue weighted by Gasteiger charge is 2.14. The van der Waals surface area contributed by atoms with Gasteiger partial charge in [0.15, 0.2) is 0 Å². The van der Waals surface area contributed by atoms with E-state index in [-0.39, 0.29) is 5.91 Å². The third-order valence-electron chi connectivity index (χ3n) is 2.47. The molecular formula is C12H12ClN3O2. The average molecular weight is 266 g/mol. The third kappa shape index (κ3) is 2.46. The predicted octanol–water partition coefficient (Wildman–Crippen LogP) is 2.33. The number of carbonyl (C=O) groups excluding carboxylic acids is 1. The molecule has 2 rings (SSSR count). The van der Waals surface area contributed by atoms with Crippen LogP contribution in [-0.2, 0) is 7.05 Å². The van der Waals surface area contributed by atoms with Crippen LogP contribution in [0.2, 0.25) is 5.02 Å². The Hall–Kier alpha value is -2.01. The van der Waals surface area contributed by atoms with Crippen LogP contribution in [0.4, 0.5) is 5.82 Å². The minimum Gasteiger partial charge on any atom is -0.496 e. The second-order valence-corrected chi connectivity index (χ2v) is 4.08. The van der Waals surface area contributed by atoms with Crippen LogP contribution in [0.25, 0.3) is 0 Å². The maximum Gasteiger partial charge on any atom is 0.260 e. The summed E-state index contributed by atoms with van der Waals surface area (Å²) < 4.78 is 6.69. The number of hydrogen-bond acceptors (Lipinski definition) is 3. The molecule has 0 bridgehead atoms. The lowest BCUT2D eigenvalue weighted by molar-refractivity contribution is 0.102. The van der Waals surface area contributed by atoms with E-state index >= 15 is 0 Å². The lowest BCUT2D eigenvalue weighted by Gasteiger charge is -2.09. The van der Waals surface area contributed by atoms with Crippen molar-refractivity contribution in [3.8, 4) is 5.75 Å². The number of anilines is 1. The molecule has 0 aliphatic carbocycles. The molecule has 0 unspecified atom stereocenters. The van der Waals surface area contributed by atoms with E-state index < -0.39 is 0 Å². The van der Waals surface area contributed by atoms with Crippen molar-refractivity contribution in [3.63, 3.8) is 0 Å². The Morgan fingerprint density at radius 1 is 1.44 bits per heavy atom. The normalized spacial score (nSPS) is 10.2.